The molecule has 0 aliphatic carbocycles. The lowest BCUT2D eigenvalue weighted by molar-refractivity contribution is 0.592. The first kappa shape index (κ1) is 13.8. The Labute approximate surface area is 118 Å². The van der Waals surface area contributed by atoms with Gasteiger partial charge in [-0.2, -0.15) is 0 Å². The highest BCUT2D eigenvalue weighted by Crippen LogP contribution is 2.29. The molecule has 0 radical (unpaired) electrons. The second-order valence-electron chi connectivity index (χ2n) is 4.14. The van der Waals surface area contributed by atoms with Crippen LogP contribution in [0, 0.1) is 11.6 Å². The summed E-state index contributed by atoms with van der Waals surface area (Å²) in [7, 11) is 0. The highest BCUT2D eigenvalue weighted by molar-refractivity contribution is 9.10. The Hall–Kier alpha value is -1.62. The lowest BCUT2D eigenvalue weighted by Crippen LogP contribution is -2.01. The second kappa shape index (κ2) is 5.57. The van der Waals surface area contributed by atoms with Crippen molar-refractivity contribution in [3.05, 3.63) is 52.0 Å². The number of nitrogens with two attached hydrogens (primary N) is 1. The SMILES string of the molecule is CCc1cc(Br)ccc1Nc1c(F)cc(N)cc1F. The third-order valence-electron chi connectivity index (χ3n) is 2.77. The molecule has 100 valence electrons. The van der Waals surface area contributed by atoms with Crippen molar-refractivity contribution in [2.75, 3.05) is 11.1 Å². The zero-order valence-electron chi connectivity index (χ0n) is 10.3. The first-order valence-electron chi connectivity index (χ1n) is 5.81. The van der Waals surface area contributed by atoms with Crippen LogP contribution in [0.2, 0.25) is 0 Å². The van der Waals surface area contributed by atoms with E-state index >= 15 is 0 Å². The molecule has 2 aromatic rings. The molecule has 2 rings (SSSR count). The number of halogens is 3. The molecule has 0 atom stereocenters. The highest BCUT2D eigenvalue weighted by atomic mass is 79.9. The fourth-order valence-electron chi connectivity index (χ4n) is 1.82. The normalized spacial score (nSPS) is 10.5. The van der Waals surface area contributed by atoms with E-state index in [9.17, 15) is 8.78 Å². The van der Waals surface area contributed by atoms with Crippen molar-refractivity contribution in [3.63, 3.8) is 0 Å². The standard InChI is InChI=1S/C14H13BrF2N2/c1-2-8-5-9(15)3-4-13(8)19-14-11(16)6-10(18)7-12(14)17/h3-7,19H,2,18H2,1H3. The molecule has 0 saturated heterocycles. The van der Waals surface area contributed by atoms with Crippen LogP contribution in [-0.4, -0.2) is 0 Å². The number of nitrogen functional groups attached to an aromatic ring is 1. The Kier molecular flexibility index (Phi) is 4.04. The van der Waals surface area contributed by atoms with E-state index in [1.807, 2.05) is 19.1 Å². The third-order valence-corrected chi connectivity index (χ3v) is 3.27. The Bertz CT molecular complexity index is 591. The van der Waals surface area contributed by atoms with Gasteiger partial charge in [0.15, 0.2) is 11.6 Å². The predicted octanol–water partition coefficient (Wildman–Crippen LogP) is 4.62. The van der Waals surface area contributed by atoms with Gasteiger partial charge < -0.3 is 11.1 Å². The smallest absolute Gasteiger partial charge is 0.151 e. The van der Waals surface area contributed by atoms with E-state index in [0.717, 1.165) is 28.6 Å². The zero-order valence-corrected chi connectivity index (χ0v) is 11.9. The number of hydrogen-bond donors (Lipinski definition) is 2. The van der Waals surface area contributed by atoms with Crippen LogP contribution in [0.3, 0.4) is 0 Å². The average molecular weight is 327 g/mol. The summed E-state index contributed by atoms with van der Waals surface area (Å²) in [5, 5.41) is 2.79. The molecule has 3 N–H and O–H groups in total. The maximum atomic E-state index is 13.7. The molecule has 0 heterocycles. The predicted molar refractivity (Wildman–Crippen MR) is 77.6 cm³/mol. The lowest BCUT2D eigenvalue weighted by Gasteiger charge is -2.13. The fraction of sp³-hybridized carbons (Fsp3) is 0.143. The number of nitrogens with one attached hydrogen (secondary N) is 1. The molecule has 0 amide bonds. The lowest BCUT2D eigenvalue weighted by atomic mass is 10.1. The molecule has 0 bridgehead atoms. The fourth-order valence-corrected chi connectivity index (χ4v) is 2.23. The quantitative estimate of drug-likeness (QED) is 0.808. The molecule has 0 aliphatic rings. The van der Waals surface area contributed by atoms with Gasteiger partial charge in [0.1, 0.15) is 5.69 Å². The molecule has 2 nitrogen and oxygen atoms in total. The third kappa shape index (κ3) is 3.04. The van der Waals surface area contributed by atoms with Crippen LogP contribution >= 0.6 is 15.9 Å². The van der Waals surface area contributed by atoms with Crippen molar-refractivity contribution < 1.29 is 8.78 Å². The summed E-state index contributed by atoms with van der Waals surface area (Å²) >= 11 is 3.37. The van der Waals surface area contributed by atoms with Crippen LogP contribution in [0.15, 0.2) is 34.8 Å². The molecule has 0 aliphatic heterocycles. The Morgan fingerprint density at radius 3 is 2.37 bits per heavy atom. The number of anilines is 3. The summed E-state index contributed by atoms with van der Waals surface area (Å²) in [6.45, 7) is 1.97. The van der Waals surface area contributed by atoms with E-state index in [4.69, 9.17) is 5.73 Å². The van der Waals surface area contributed by atoms with Crippen molar-refractivity contribution in [1.29, 1.82) is 0 Å². The van der Waals surface area contributed by atoms with Crippen molar-refractivity contribution in [3.8, 4) is 0 Å². The first-order valence-corrected chi connectivity index (χ1v) is 6.60. The Morgan fingerprint density at radius 1 is 1.16 bits per heavy atom. The number of hydrogen-bond acceptors (Lipinski definition) is 2. The summed E-state index contributed by atoms with van der Waals surface area (Å²) in [6.07, 6.45) is 0.750. The van der Waals surface area contributed by atoms with Gasteiger partial charge in [-0.05, 0) is 42.3 Å². The average Bonchev–Trinajstić information content (AvgIpc) is 2.35. The minimum Gasteiger partial charge on any atom is -0.399 e. The van der Waals surface area contributed by atoms with E-state index < -0.39 is 11.6 Å². The molecule has 0 spiro atoms. The zero-order chi connectivity index (χ0) is 14.0. The van der Waals surface area contributed by atoms with E-state index in [2.05, 4.69) is 21.2 Å². The molecular formula is C14H13BrF2N2. The minimum absolute atomic E-state index is 0.0621. The summed E-state index contributed by atoms with van der Waals surface area (Å²) in [5.74, 6) is -1.41. The monoisotopic (exact) mass is 326 g/mol. The number of aryl methyl sites for hydroxylation is 1. The van der Waals surface area contributed by atoms with E-state index in [1.165, 1.54) is 0 Å². The largest absolute Gasteiger partial charge is 0.399 e. The summed E-state index contributed by atoms with van der Waals surface area (Å²) in [4.78, 5) is 0. The molecule has 0 saturated carbocycles. The highest BCUT2D eigenvalue weighted by Gasteiger charge is 2.12. The second-order valence-corrected chi connectivity index (χ2v) is 5.06. The number of rotatable bonds is 3. The van der Waals surface area contributed by atoms with Crippen molar-refractivity contribution in [1.82, 2.24) is 0 Å². The van der Waals surface area contributed by atoms with Crippen LogP contribution in [-0.2, 0) is 6.42 Å². The van der Waals surface area contributed by atoms with Gasteiger partial charge in [-0.1, -0.05) is 22.9 Å². The van der Waals surface area contributed by atoms with Crippen molar-refractivity contribution >= 4 is 33.0 Å². The van der Waals surface area contributed by atoms with Gasteiger partial charge in [-0.3, -0.25) is 0 Å². The molecule has 19 heavy (non-hydrogen) atoms. The van der Waals surface area contributed by atoms with Gasteiger partial charge in [0.2, 0.25) is 0 Å². The molecule has 5 heteroatoms. The Morgan fingerprint density at radius 2 is 1.79 bits per heavy atom. The van der Waals surface area contributed by atoms with Gasteiger partial charge in [0.05, 0.1) is 0 Å². The summed E-state index contributed by atoms with van der Waals surface area (Å²) in [6, 6.07) is 7.69. The van der Waals surface area contributed by atoms with Crippen LogP contribution in [0.1, 0.15) is 12.5 Å². The maximum absolute atomic E-state index is 13.7. The Balaban J connectivity index is 2.42. The number of benzene rings is 2. The van der Waals surface area contributed by atoms with Gasteiger partial charge in [-0.25, -0.2) is 8.78 Å². The molecule has 0 fully saturated rings. The van der Waals surface area contributed by atoms with E-state index in [-0.39, 0.29) is 11.4 Å². The van der Waals surface area contributed by atoms with Gasteiger partial charge in [-0.15, -0.1) is 0 Å². The van der Waals surface area contributed by atoms with Crippen LogP contribution < -0.4 is 11.1 Å². The summed E-state index contributed by atoms with van der Waals surface area (Å²) < 4.78 is 28.4. The van der Waals surface area contributed by atoms with Crippen LogP contribution in [0.25, 0.3) is 0 Å². The van der Waals surface area contributed by atoms with Crippen LogP contribution in [0.5, 0.6) is 0 Å². The van der Waals surface area contributed by atoms with Crippen molar-refractivity contribution in [2.24, 2.45) is 0 Å². The van der Waals surface area contributed by atoms with E-state index in [0.29, 0.717) is 5.69 Å². The molecule has 2 aromatic carbocycles. The molecule has 0 unspecified atom stereocenters. The maximum Gasteiger partial charge on any atom is 0.151 e. The van der Waals surface area contributed by atoms with Crippen LogP contribution in [0.4, 0.5) is 25.8 Å². The molecule has 0 aromatic heterocycles. The molecular weight excluding hydrogens is 314 g/mol. The van der Waals surface area contributed by atoms with Gasteiger partial charge in [0.25, 0.3) is 0 Å². The van der Waals surface area contributed by atoms with Gasteiger partial charge >= 0.3 is 0 Å². The van der Waals surface area contributed by atoms with Gasteiger partial charge in [0, 0.05) is 15.8 Å². The van der Waals surface area contributed by atoms with E-state index in [1.54, 1.807) is 6.07 Å². The first-order chi connectivity index (χ1) is 9.01. The summed E-state index contributed by atoms with van der Waals surface area (Å²) in [5.41, 5.74) is 6.89. The minimum atomic E-state index is -0.706. The van der Waals surface area contributed by atoms with Crippen molar-refractivity contribution in [2.45, 2.75) is 13.3 Å². The topological polar surface area (TPSA) is 38.0 Å².